The average molecular weight is 494 g/mol. The first-order valence-electron chi connectivity index (χ1n) is 11.5. The first kappa shape index (κ1) is 24.3. The van der Waals surface area contributed by atoms with Crippen molar-refractivity contribution >= 4 is 45.5 Å². The number of aromatic hydroxyl groups is 1. The summed E-state index contributed by atoms with van der Waals surface area (Å²) in [5.41, 5.74) is 7.26. The van der Waals surface area contributed by atoms with E-state index in [4.69, 9.17) is 28.2 Å². The van der Waals surface area contributed by atoms with Gasteiger partial charge in [-0.05, 0) is 85.6 Å². The highest BCUT2D eigenvalue weighted by molar-refractivity contribution is 6.37. The molecule has 0 aliphatic carbocycles. The number of benzene rings is 3. The van der Waals surface area contributed by atoms with E-state index in [1.165, 1.54) is 11.1 Å². The van der Waals surface area contributed by atoms with Gasteiger partial charge in [-0.3, -0.25) is 4.98 Å². The molecule has 4 aromatic rings. The quantitative estimate of drug-likeness (QED) is 0.260. The summed E-state index contributed by atoms with van der Waals surface area (Å²) in [5, 5.41) is 15.1. The Morgan fingerprint density at radius 1 is 0.941 bits per heavy atom. The Balaban J connectivity index is 1.79. The van der Waals surface area contributed by atoms with E-state index >= 15 is 0 Å². The Hall–Kier alpha value is -2.79. The SMILES string of the molecule is CCCCc1cnc2ccc(-c3cc(Cl)c(O)c(Cl)c3)cc2c1Nc1ccc(CN(C)C)cc1. The van der Waals surface area contributed by atoms with Crippen LogP contribution < -0.4 is 5.32 Å². The zero-order chi connectivity index (χ0) is 24.2. The van der Waals surface area contributed by atoms with Gasteiger partial charge in [0.05, 0.1) is 21.2 Å². The van der Waals surface area contributed by atoms with Crippen LogP contribution in [0, 0.1) is 0 Å². The van der Waals surface area contributed by atoms with Crippen molar-refractivity contribution in [2.75, 3.05) is 19.4 Å². The Morgan fingerprint density at radius 3 is 2.29 bits per heavy atom. The number of phenols is 1. The number of aromatic nitrogens is 1. The monoisotopic (exact) mass is 493 g/mol. The number of aryl methyl sites for hydroxylation is 1. The molecule has 34 heavy (non-hydrogen) atoms. The van der Waals surface area contributed by atoms with Gasteiger partial charge in [-0.25, -0.2) is 0 Å². The lowest BCUT2D eigenvalue weighted by atomic mass is 9.99. The lowest BCUT2D eigenvalue weighted by Crippen LogP contribution is -2.10. The van der Waals surface area contributed by atoms with Crippen LogP contribution in [0.2, 0.25) is 10.0 Å². The summed E-state index contributed by atoms with van der Waals surface area (Å²) in [6.07, 6.45) is 5.13. The molecule has 0 bridgehead atoms. The van der Waals surface area contributed by atoms with E-state index < -0.39 is 0 Å². The fraction of sp³-hybridized carbons (Fsp3) is 0.250. The second-order valence-corrected chi connectivity index (χ2v) is 9.66. The molecule has 0 spiro atoms. The third-order valence-electron chi connectivity index (χ3n) is 5.82. The molecule has 4 rings (SSSR count). The van der Waals surface area contributed by atoms with Gasteiger partial charge in [0.25, 0.3) is 0 Å². The van der Waals surface area contributed by atoms with Gasteiger partial charge in [0.1, 0.15) is 0 Å². The van der Waals surface area contributed by atoms with Gasteiger partial charge >= 0.3 is 0 Å². The van der Waals surface area contributed by atoms with Gasteiger partial charge in [-0.15, -0.1) is 0 Å². The van der Waals surface area contributed by atoms with Gasteiger partial charge in [-0.1, -0.05) is 54.7 Å². The van der Waals surface area contributed by atoms with Crippen LogP contribution in [0.25, 0.3) is 22.0 Å². The summed E-state index contributed by atoms with van der Waals surface area (Å²) in [6, 6.07) is 18.1. The standard InChI is InChI=1S/C28H29Cl2N3O/c1-4-5-6-20-16-31-26-12-9-19(21-14-24(29)28(34)25(30)15-21)13-23(26)27(20)32-22-10-7-18(8-11-22)17-33(2)3/h7-16,34H,4-6,17H2,1-3H3,(H,31,32). The second kappa shape index (κ2) is 10.6. The summed E-state index contributed by atoms with van der Waals surface area (Å²) >= 11 is 12.4. The van der Waals surface area contributed by atoms with E-state index in [1.807, 2.05) is 18.3 Å². The molecule has 0 saturated heterocycles. The fourth-order valence-corrected chi connectivity index (χ4v) is 4.54. The van der Waals surface area contributed by atoms with Crippen LogP contribution >= 0.6 is 23.2 Å². The lowest BCUT2D eigenvalue weighted by Gasteiger charge is -2.17. The van der Waals surface area contributed by atoms with E-state index in [-0.39, 0.29) is 15.8 Å². The minimum Gasteiger partial charge on any atom is -0.505 e. The molecule has 1 aromatic heterocycles. The number of nitrogens with zero attached hydrogens (tertiary/aromatic N) is 2. The van der Waals surface area contributed by atoms with Gasteiger partial charge in [0.15, 0.2) is 5.75 Å². The molecule has 176 valence electrons. The van der Waals surface area contributed by atoms with Gasteiger partial charge in [-0.2, -0.15) is 0 Å². The van der Waals surface area contributed by atoms with Crippen molar-refractivity contribution < 1.29 is 5.11 Å². The van der Waals surface area contributed by atoms with Crippen molar-refractivity contribution in [3.63, 3.8) is 0 Å². The van der Waals surface area contributed by atoms with Crippen molar-refractivity contribution in [1.82, 2.24) is 9.88 Å². The van der Waals surface area contributed by atoms with E-state index in [1.54, 1.807) is 12.1 Å². The van der Waals surface area contributed by atoms with Crippen LogP contribution in [0.15, 0.2) is 60.8 Å². The normalized spacial score (nSPS) is 11.4. The third kappa shape index (κ3) is 5.47. The van der Waals surface area contributed by atoms with E-state index in [0.29, 0.717) is 0 Å². The molecule has 0 aliphatic rings. The second-order valence-electron chi connectivity index (χ2n) is 8.84. The van der Waals surface area contributed by atoms with Crippen LogP contribution in [0.3, 0.4) is 0 Å². The largest absolute Gasteiger partial charge is 0.505 e. The molecule has 0 atom stereocenters. The number of halogens is 2. The maximum Gasteiger partial charge on any atom is 0.152 e. The number of hydrogen-bond acceptors (Lipinski definition) is 4. The molecule has 2 N–H and O–H groups in total. The summed E-state index contributed by atoms with van der Waals surface area (Å²) in [7, 11) is 4.14. The number of hydrogen-bond donors (Lipinski definition) is 2. The molecule has 4 nitrogen and oxygen atoms in total. The van der Waals surface area contributed by atoms with Crippen molar-refractivity contribution in [3.05, 3.63) is 82.0 Å². The molecule has 0 radical (unpaired) electrons. The number of anilines is 2. The first-order valence-corrected chi connectivity index (χ1v) is 12.2. The van der Waals surface area contributed by atoms with Crippen molar-refractivity contribution in [2.45, 2.75) is 32.7 Å². The summed E-state index contributed by atoms with van der Waals surface area (Å²) in [6.45, 7) is 3.10. The number of unbranched alkanes of at least 4 members (excludes halogenated alkanes) is 1. The van der Waals surface area contributed by atoms with Gasteiger partial charge < -0.3 is 15.3 Å². The summed E-state index contributed by atoms with van der Waals surface area (Å²) in [4.78, 5) is 6.89. The zero-order valence-electron chi connectivity index (χ0n) is 19.7. The van der Waals surface area contributed by atoms with Crippen LogP contribution in [0.1, 0.15) is 30.9 Å². The van der Waals surface area contributed by atoms with E-state index in [9.17, 15) is 5.11 Å². The van der Waals surface area contributed by atoms with E-state index in [0.717, 1.165) is 59.2 Å². The Bertz CT molecular complexity index is 1280. The Kier molecular flexibility index (Phi) is 7.62. The smallest absolute Gasteiger partial charge is 0.152 e. The topological polar surface area (TPSA) is 48.4 Å². The minimum atomic E-state index is -0.100. The molecule has 0 amide bonds. The number of rotatable bonds is 8. The molecule has 6 heteroatoms. The summed E-state index contributed by atoms with van der Waals surface area (Å²) < 4.78 is 0. The molecule has 3 aromatic carbocycles. The van der Waals surface area contributed by atoms with Crippen molar-refractivity contribution in [2.24, 2.45) is 0 Å². The lowest BCUT2D eigenvalue weighted by molar-refractivity contribution is 0.402. The maximum atomic E-state index is 9.96. The van der Waals surface area contributed by atoms with Crippen LogP contribution in [0.5, 0.6) is 5.75 Å². The predicted octanol–water partition coefficient (Wildman–Crippen LogP) is 8.06. The molecule has 0 unspecified atom stereocenters. The van der Waals surface area contributed by atoms with Crippen LogP contribution in [-0.4, -0.2) is 29.1 Å². The molecule has 0 fully saturated rings. The highest BCUT2D eigenvalue weighted by Crippen LogP contribution is 2.38. The van der Waals surface area contributed by atoms with E-state index in [2.05, 4.69) is 61.6 Å². The van der Waals surface area contributed by atoms with Crippen LogP contribution in [-0.2, 0) is 13.0 Å². The maximum absolute atomic E-state index is 9.96. The molecule has 0 aliphatic heterocycles. The first-order chi connectivity index (χ1) is 16.4. The van der Waals surface area contributed by atoms with Crippen LogP contribution in [0.4, 0.5) is 11.4 Å². The fourth-order valence-electron chi connectivity index (χ4n) is 4.05. The highest BCUT2D eigenvalue weighted by atomic mass is 35.5. The van der Waals surface area contributed by atoms with Gasteiger partial charge in [0.2, 0.25) is 0 Å². The van der Waals surface area contributed by atoms with Crippen molar-refractivity contribution in [1.29, 1.82) is 0 Å². The van der Waals surface area contributed by atoms with Gasteiger partial charge in [0, 0.05) is 23.8 Å². The average Bonchev–Trinajstić information content (AvgIpc) is 2.82. The Labute approximate surface area is 211 Å². The molecular weight excluding hydrogens is 465 g/mol. The Morgan fingerprint density at radius 2 is 1.65 bits per heavy atom. The molecular formula is C28H29Cl2N3O. The van der Waals surface area contributed by atoms with Crippen molar-refractivity contribution in [3.8, 4) is 16.9 Å². The summed E-state index contributed by atoms with van der Waals surface area (Å²) in [5.74, 6) is -0.100. The molecule has 1 heterocycles. The minimum absolute atomic E-state index is 0.100. The third-order valence-corrected chi connectivity index (χ3v) is 6.39. The number of nitrogens with one attached hydrogen (secondary N) is 1. The number of phenolic OH excluding ortho intramolecular Hbond substituents is 1. The number of pyridine rings is 1. The number of fused-ring (bicyclic) bond motifs is 1. The molecule has 0 saturated carbocycles. The highest BCUT2D eigenvalue weighted by Gasteiger charge is 2.13. The zero-order valence-corrected chi connectivity index (χ0v) is 21.2. The predicted molar refractivity (Wildman–Crippen MR) is 145 cm³/mol.